The van der Waals surface area contributed by atoms with E-state index in [9.17, 15) is 8.78 Å². The summed E-state index contributed by atoms with van der Waals surface area (Å²) < 4.78 is 35.1. The Morgan fingerprint density at radius 2 is 1.72 bits per heavy atom. The molecular formula is C27H36F2N6O. The Morgan fingerprint density at radius 1 is 1.00 bits per heavy atom. The van der Waals surface area contributed by atoms with E-state index in [4.69, 9.17) is 14.7 Å². The fraction of sp³-hybridized carbons (Fsp3) is 0.593. The van der Waals surface area contributed by atoms with Crippen molar-refractivity contribution in [3.05, 3.63) is 42.0 Å². The number of aryl methyl sites for hydroxylation is 1. The molecule has 0 N–H and O–H groups in total. The molecule has 1 aliphatic heterocycles. The fourth-order valence-electron chi connectivity index (χ4n) is 5.58. The smallest absolute Gasteiger partial charge is 0.296 e. The van der Waals surface area contributed by atoms with Crippen LogP contribution in [0.2, 0.25) is 0 Å². The van der Waals surface area contributed by atoms with E-state index in [0.717, 1.165) is 44.1 Å². The minimum Gasteiger partial charge on any atom is -0.378 e. The summed E-state index contributed by atoms with van der Waals surface area (Å²) in [5, 5.41) is 0. The first-order valence-corrected chi connectivity index (χ1v) is 13.1. The van der Waals surface area contributed by atoms with Crippen LogP contribution in [0.3, 0.4) is 0 Å². The van der Waals surface area contributed by atoms with E-state index in [1.54, 1.807) is 6.07 Å². The number of aromatic nitrogens is 4. The van der Waals surface area contributed by atoms with E-state index in [-0.39, 0.29) is 5.82 Å². The number of imidazole rings is 1. The minimum atomic E-state index is -2.71. The lowest BCUT2D eigenvalue weighted by molar-refractivity contribution is 0.122. The molecule has 2 aliphatic rings. The Balaban J connectivity index is 1.40. The molecule has 0 amide bonds. The normalized spacial score (nSPS) is 21.1. The van der Waals surface area contributed by atoms with Crippen LogP contribution in [0.5, 0.6) is 0 Å². The van der Waals surface area contributed by atoms with Crippen LogP contribution in [0.25, 0.3) is 16.9 Å². The number of alkyl halides is 2. The molecule has 0 radical (unpaired) electrons. The molecular weight excluding hydrogens is 462 g/mol. The highest BCUT2D eigenvalue weighted by atomic mass is 19.3. The highest BCUT2D eigenvalue weighted by Crippen LogP contribution is 2.31. The van der Waals surface area contributed by atoms with Crippen molar-refractivity contribution in [2.45, 2.75) is 57.4 Å². The number of rotatable bonds is 8. The second-order valence-electron chi connectivity index (χ2n) is 10.2. The summed E-state index contributed by atoms with van der Waals surface area (Å²) in [5.41, 5.74) is 1.16. The van der Waals surface area contributed by atoms with Crippen LogP contribution in [-0.4, -0.2) is 70.9 Å². The number of morpholine rings is 1. The van der Waals surface area contributed by atoms with Crippen LogP contribution in [0, 0.1) is 5.92 Å². The predicted octanol–water partition coefficient (Wildman–Crippen LogP) is 5.03. The van der Waals surface area contributed by atoms with Gasteiger partial charge in [-0.3, -0.25) is 4.57 Å². The second kappa shape index (κ2) is 11.2. The van der Waals surface area contributed by atoms with Gasteiger partial charge >= 0.3 is 0 Å². The maximum Gasteiger partial charge on any atom is 0.296 e. The SMILES string of the molecule is CN(C)C1CCC(CCCc2nc(N3CCOCC3)cc(-n3c(C(F)F)nc4ccccc43)n2)CC1. The molecule has 2 fully saturated rings. The topological polar surface area (TPSA) is 59.3 Å². The summed E-state index contributed by atoms with van der Waals surface area (Å²) in [6.07, 6.45) is 5.22. The Kier molecular flexibility index (Phi) is 7.76. The highest BCUT2D eigenvalue weighted by Gasteiger charge is 2.24. The number of ether oxygens (including phenoxy) is 1. The highest BCUT2D eigenvalue weighted by molar-refractivity contribution is 5.78. The maximum absolute atomic E-state index is 14.0. The van der Waals surface area contributed by atoms with Crippen LogP contribution in [0.4, 0.5) is 14.6 Å². The molecule has 36 heavy (non-hydrogen) atoms. The molecule has 0 unspecified atom stereocenters. The van der Waals surface area contributed by atoms with Gasteiger partial charge in [0.15, 0.2) is 5.82 Å². The van der Waals surface area contributed by atoms with E-state index in [2.05, 4.69) is 28.9 Å². The van der Waals surface area contributed by atoms with Crippen molar-refractivity contribution in [1.29, 1.82) is 0 Å². The van der Waals surface area contributed by atoms with Crippen molar-refractivity contribution in [1.82, 2.24) is 24.4 Å². The van der Waals surface area contributed by atoms with E-state index in [1.165, 1.54) is 30.3 Å². The van der Waals surface area contributed by atoms with Crippen LogP contribution in [0.15, 0.2) is 30.3 Å². The van der Waals surface area contributed by atoms with Gasteiger partial charge in [-0.05, 0) is 64.3 Å². The lowest BCUT2D eigenvalue weighted by Crippen LogP contribution is -2.37. The van der Waals surface area contributed by atoms with Crippen molar-refractivity contribution in [3.8, 4) is 5.82 Å². The summed E-state index contributed by atoms with van der Waals surface area (Å²) >= 11 is 0. The second-order valence-corrected chi connectivity index (χ2v) is 10.2. The van der Waals surface area contributed by atoms with Crippen LogP contribution in [-0.2, 0) is 11.2 Å². The summed E-state index contributed by atoms with van der Waals surface area (Å²) in [4.78, 5) is 18.4. The number of para-hydroxylation sites is 2. The third kappa shape index (κ3) is 5.52. The first-order valence-electron chi connectivity index (χ1n) is 13.1. The van der Waals surface area contributed by atoms with Gasteiger partial charge < -0.3 is 14.5 Å². The van der Waals surface area contributed by atoms with Crippen LogP contribution >= 0.6 is 0 Å². The van der Waals surface area contributed by atoms with E-state index >= 15 is 0 Å². The zero-order chi connectivity index (χ0) is 25.1. The van der Waals surface area contributed by atoms with Crippen molar-refractivity contribution >= 4 is 16.9 Å². The molecule has 5 rings (SSSR count). The molecule has 0 bridgehead atoms. The zero-order valence-corrected chi connectivity index (χ0v) is 21.2. The molecule has 7 nitrogen and oxygen atoms in total. The number of halogens is 2. The van der Waals surface area contributed by atoms with Crippen LogP contribution in [0.1, 0.15) is 56.6 Å². The molecule has 1 saturated heterocycles. The molecule has 1 aromatic carbocycles. The van der Waals surface area contributed by atoms with E-state index in [0.29, 0.717) is 41.9 Å². The number of fused-ring (bicyclic) bond motifs is 1. The Hall–Kier alpha value is -2.65. The van der Waals surface area contributed by atoms with Gasteiger partial charge in [0.25, 0.3) is 6.43 Å². The lowest BCUT2D eigenvalue weighted by Gasteiger charge is -2.32. The van der Waals surface area contributed by atoms with Crippen molar-refractivity contribution in [2.75, 3.05) is 45.3 Å². The van der Waals surface area contributed by atoms with Gasteiger partial charge in [-0.2, -0.15) is 0 Å². The first kappa shape index (κ1) is 25.0. The molecule has 1 saturated carbocycles. The molecule has 194 valence electrons. The van der Waals surface area contributed by atoms with Gasteiger partial charge in [-0.25, -0.2) is 23.7 Å². The summed E-state index contributed by atoms with van der Waals surface area (Å²) in [6, 6.07) is 9.74. The average Bonchev–Trinajstić information content (AvgIpc) is 3.30. The molecule has 0 atom stereocenters. The molecule has 1 aliphatic carbocycles. The standard InChI is InChI=1S/C27H36F2N6O/c1-33(2)20-12-10-19(11-13-20)6-5-9-23-31-24(34-14-16-36-17-15-34)18-25(32-23)35-22-8-4-3-7-21(22)30-27(35)26(28)29/h3-4,7-8,18-20,26H,5-6,9-17H2,1-2H3. The Labute approximate surface area is 211 Å². The predicted molar refractivity (Wildman–Crippen MR) is 137 cm³/mol. The largest absolute Gasteiger partial charge is 0.378 e. The maximum atomic E-state index is 14.0. The zero-order valence-electron chi connectivity index (χ0n) is 21.2. The number of anilines is 1. The molecule has 9 heteroatoms. The van der Waals surface area contributed by atoms with Gasteiger partial charge in [0.1, 0.15) is 17.5 Å². The van der Waals surface area contributed by atoms with E-state index in [1.807, 2.05) is 24.3 Å². The monoisotopic (exact) mass is 498 g/mol. The Bertz CT molecular complexity index is 1150. The minimum absolute atomic E-state index is 0.286. The van der Waals surface area contributed by atoms with Crippen molar-refractivity contribution in [3.63, 3.8) is 0 Å². The van der Waals surface area contributed by atoms with Gasteiger partial charge in [-0.1, -0.05) is 18.6 Å². The quantitative estimate of drug-likeness (QED) is 0.434. The third-order valence-corrected chi connectivity index (χ3v) is 7.65. The fourth-order valence-corrected chi connectivity index (χ4v) is 5.58. The van der Waals surface area contributed by atoms with Crippen molar-refractivity contribution in [2.24, 2.45) is 5.92 Å². The lowest BCUT2D eigenvalue weighted by atomic mass is 9.83. The first-order chi connectivity index (χ1) is 17.5. The third-order valence-electron chi connectivity index (χ3n) is 7.65. The van der Waals surface area contributed by atoms with Crippen molar-refractivity contribution < 1.29 is 13.5 Å². The van der Waals surface area contributed by atoms with Gasteiger partial charge in [0.2, 0.25) is 0 Å². The number of hydrogen-bond donors (Lipinski definition) is 0. The molecule has 3 aromatic rings. The number of nitrogens with zero attached hydrogens (tertiary/aromatic N) is 6. The van der Waals surface area contributed by atoms with Crippen LogP contribution < -0.4 is 4.90 Å². The number of hydrogen-bond acceptors (Lipinski definition) is 6. The number of benzene rings is 1. The van der Waals surface area contributed by atoms with Gasteiger partial charge in [0.05, 0.1) is 24.2 Å². The molecule has 2 aromatic heterocycles. The average molecular weight is 499 g/mol. The van der Waals surface area contributed by atoms with E-state index < -0.39 is 6.43 Å². The van der Waals surface area contributed by atoms with Gasteiger partial charge in [-0.15, -0.1) is 0 Å². The summed E-state index contributed by atoms with van der Waals surface area (Å²) in [6.45, 7) is 2.69. The van der Waals surface area contributed by atoms with Gasteiger partial charge in [0, 0.05) is 31.6 Å². The summed E-state index contributed by atoms with van der Waals surface area (Å²) in [5.74, 6) is 2.38. The molecule has 0 spiro atoms. The molecule has 3 heterocycles. The summed E-state index contributed by atoms with van der Waals surface area (Å²) in [7, 11) is 4.34. The Morgan fingerprint density at radius 3 is 2.44 bits per heavy atom.